The van der Waals surface area contributed by atoms with Crippen LogP contribution >= 0.6 is 11.6 Å². The molecule has 0 unspecified atom stereocenters. The van der Waals surface area contributed by atoms with E-state index in [1.807, 2.05) is 48.5 Å². The Kier molecular flexibility index (Phi) is 8.68. The van der Waals surface area contributed by atoms with Crippen LogP contribution in [-0.4, -0.2) is 35.6 Å². The molecule has 216 valence electrons. The predicted octanol–water partition coefficient (Wildman–Crippen LogP) is 7.23. The number of carbonyl (C=O) groups is 2. The van der Waals surface area contributed by atoms with Crippen molar-refractivity contribution < 1.29 is 22.8 Å². The van der Waals surface area contributed by atoms with Crippen molar-refractivity contribution in [3.8, 4) is 11.1 Å². The third-order valence-corrected chi connectivity index (χ3v) is 8.84. The second-order valence-corrected chi connectivity index (χ2v) is 11.5. The van der Waals surface area contributed by atoms with E-state index in [4.69, 9.17) is 11.6 Å². The number of nitrogens with one attached hydrogen (secondary N) is 2. The summed E-state index contributed by atoms with van der Waals surface area (Å²) in [6.07, 6.45) is 5.22. The van der Waals surface area contributed by atoms with Crippen LogP contribution in [0.1, 0.15) is 72.9 Å². The molecule has 3 aromatic rings. The van der Waals surface area contributed by atoms with E-state index >= 15 is 0 Å². The molecule has 1 aromatic heterocycles. The molecule has 2 N–H and O–H groups in total. The number of unbranched alkanes of at least 4 members (excludes halogenated alkanes) is 1. The largest absolute Gasteiger partial charge is 0.405 e. The van der Waals surface area contributed by atoms with E-state index in [9.17, 15) is 22.8 Å². The summed E-state index contributed by atoms with van der Waals surface area (Å²) in [5.74, 6) is -0.307. The van der Waals surface area contributed by atoms with Gasteiger partial charge in [-0.05, 0) is 66.3 Å². The minimum Gasteiger partial charge on any atom is -0.349 e. The average molecular weight is 584 g/mol. The monoisotopic (exact) mass is 583 g/mol. The van der Waals surface area contributed by atoms with Crippen molar-refractivity contribution in [1.29, 1.82) is 0 Å². The fraction of sp³-hybridized carbons (Fsp3) is 0.406. The normalized spacial score (nSPS) is 19.2. The number of pyridine rings is 1. The Balaban J connectivity index is 1.21. The Labute approximate surface area is 242 Å². The number of hydrogen-bond donors (Lipinski definition) is 2. The summed E-state index contributed by atoms with van der Waals surface area (Å²) < 4.78 is 39.3. The van der Waals surface area contributed by atoms with Crippen LogP contribution in [0.2, 0.25) is 5.02 Å². The first-order valence-electron chi connectivity index (χ1n) is 14.1. The van der Waals surface area contributed by atoms with Gasteiger partial charge in [0.05, 0.1) is 10.6 Å². The highest BCUT2D eigenvalue weighted by Crippen LogP contribution is 2.51. The van der Waals surface area contributed by atoms with Crippen molar-refractivity contribution in [1.82, 2.24) is 15.6 Å². The molecule has 1 heterocycles. The highest BCUT2D eigenvalue weighted by molar-refractivity contribution is 6.33. The molecule has 0 aliphatic heterocycles. The first-order valence-corrected chi connectivity index (χ1v) is 14.5. The van der Waals surface area contributed by atoms with Gasteiger partial charge in [0, 0.05) is 18.4 Å². The van der Waals surface area contributed by atoms with Crippen LogP contribution in [-0.2, 0) is 10.2 Å². The molecule has 41 heavy (non-hydrogen) atoms. The summed E-state index contributed by atoms with van der Waals surface area (Å²) in [5.41, 5.74) is 2.56. The molecule has 0 radical (unpaired) electrons. The van der Waals surface area contributed by atoms with Crippen LogP contribution in [0.25, 0.3) is 11.1 Å². The molecule has 0 bridgehead atoms. The molecule has 0 atom stereocenters. The van der Waals surface area contributed by atoms with Gasteiger partial charge < -0.3 is 10.6 Å². The van der Waals surface area contributed by atoms with E-state index in [1.165, 1.54) is 6.20 Å². The number of fused-ring (bicyclic) bond motifs is 3. The number of benzene rings is 2. The molecule has 5 nitrogen and oxygen atoms in total. The van der Waals surface area contributed by atoms with E-state index in [0.717, 1.165) is 60.8 Å². The zero-order valence-electron chi connectivity index (χ0n) is 22.6. The van der Waals surface area contributed by atoms with Crippen molar-refractivity contribution in [2.24, 2.45) is 5.92 Å². The number of hydrogen-bond acceptors (Lipinski definition) is 3. The number of amides is 2. The van der Waals surface area contributed by atoms with Gasteiger partial charge in [-0.2, -0.15) is 13.2 Å². The molecule has 2 amide bonds. The Morgan fingerprint density at radius 3 is 2.17 bits per heavy atom. The lowest BCUT2D eigenvalue weighted by molar-refractivity contribution is -0.141. The van der Waals surface area contributed by atoms with E-state index in [0.29, 0.717) is 29.3 Å². The Morgan fingerprint density at radius 1 is 0.927 bits per heavy atom. The van der Waals surface area contributed by atoms with Gasteiger partial charge in [-0.15, -0.1) is 0 Å². The quantitative estimate of drug-likeness (QED) is 0.261. The van der Waals surface area contributed by atoms with Crippen LogP contribution in [0, 0.1) is 5.92 Å². The molecule has 0 saturated heterocycles. The van der Waals surface area contributed by atoms with Gasteiger partial charge in [0.2, 0.25) is 5.91 Å². The van der Waals surface area contributed by atoms with Gasteiger partial charge in [-0.25, -0.2) is 0 Å². The number of aromatic nitrogens is 1. The third kappa shape index (κ3) is 6.27. The minimum absolute atomic E-state index is 0.0853. The zero-order chi connectivity index (χ0) is 29.0. The summed E-state index contributed by atoms with van der Waals surface area (Å²) in [6.45, 7) is -1.36. The standard InChI is InChI=1S/C32H33ClF3N3O2/c33-28-16-18-37-19-25(28)29(40)39-22-14-12-21(13-15-22)7-5-6-17-31(30(41)38-20-32(34,35)36)26-10-3-1-8-23(26)24-9-2-4-11-27(24)31/h1-4,8-11,16,18-19,21-22H,5-7,12-15,17,20H2,(H,38,41)(H,39,40). The highest BCUT2D eigenvalue weighted by atomic mass is 35.5. The first kappa shape index (κ1) is 29.1. The van der Waals surface area contributed by atoms with Crippen LogP contribution in [0.3, 0.4) is 0 Å². The number of rotatable bonds is 9. The van der Waals surface area contributed by atoms with Crippen molar-refractivity contribution in [2.45, 2.75) is 69.0 Å². The molecule has 2 aliphatic rings. The second-order valence-electron chi connectivity index (χ2n) is 11.1. The lowest BCUT2D eigenvalue weighted by Crippen LogP contribution is -2.47. The molecule has 2 aliphatic carbocycles. The lowest BCUT2D eigenvalue weighted by Gasteiger charge is -2.32. The molecule has 5 rings (SSSR count). The van der Waals surface area contributed by atoms with Crippen LogP contribution in [0.15, 0.2) is 67.0 Å². The van der Waals surface area contributed by atoms with Gasteiger partial charge in [0.25, 0.3) is 5.91 Å². The minimum atomic E-state index is -4.49. The Bertz CT molecular complexity index is 1360. The van der Waals surface area contributed by atoms with Gasteiger partial charge in [0.15, 0.2) is 0 Å². The van der Waals surface area contributed by atoms with Gasteiger partial charge in [0.1, 0.15) is 12.0 Å². The van der Waals surface area contributed by atoms with E-state index in [2.05, 4.69) is 15.6 Å². The summed E-state index contributed by atoms with van der Waals surface area (Å²) in [7, 11) is 0. The molecule has 1 saturated carbocycles. The fourth-order valence-corrected chi connectivity index (χ4v) is 6.70. The maximum absolute atomic E-state index is 13.6. The predicted molar refractivity (Wildman–Crippen MR) is 153 cm³/mol. The summed E-state index contributed by atoms with van der Waals surface area (Å²) in [5, 5.41) is 5.65. The van der Waals surface area contributed by atoms with Gasteiger partial charge in [-0.1, -0.05) is 79.4 Å². The van der Waals surface area contributed by atoms with Crippen LogP contribution < -0.4 is 10.6 Å². The van der Waals surface area contributed by atoms with Crippen molar-refractivity contribution in [3.63, 3.8) is 0 Å². The zero-order valence-corrected chi connectivity index (χ0v) is 23.4. The summed E-state index contributed by atoms with van der Waals surface area (Å²) >= 11 is 6.12. The first-order chi connectivity index (χ1) is 19.7. The van der Waals surface area contributed by atoms with Crippen LogP contribution in [0.4, 0.5) is 13.2 Å². The van der Waals surface area contributed by atoms with Crippen molar-refractivity contribution in [3.05, 3.63) is 88.7 Å². The van der Waals surface area contributed by atoms with Crippen LogP contribution in [0.5, 0.6) is 0 Å². The topological polar surface area (TPSA) is 71.1 Å². The maximum Gasteiger partial charge on any atom is 0.405 e. The molecule has 9 heteroatoms. The third-order valence-electron chi connectivity index (χ3n) is 8.51. The SMILES string of the molecule is O=C(NC1CCC(CCCCC2(C(=O)NCC(F)(F)F)c3ccccc3-c3ccccc32)CC1)c1cnccc1Cl. The number of nitrogens with zero attached hydrogens (tertiary/aromatic N) is 1. The van der Waals surface area contributed by atoms with E-state index < -0.39 is 24.0 Å². The van der Waals surface area contributed by atoms with Gasteiger partial charge in [-0.3, -0.25) is 14.6 Å². The smallest absolute Gasteiger partial charge is 0.349 e. The Hall–Kier alpha value is -3.39. The highest BCUT2D eigenvalue weighted by Gasteiger charge is 2.49. The van der Waals surface area contributed by atoms with Crippen molar-refractivity contribution in [2.75, 3.05) is 6.54 Å². The number of alkyl halides is 3. The summed E-state index contributed by atoms with van der Waals surface area (Å²) in [6, 6.07) is 16.8. The molecule has 1 fully saturated rings. The average Bonchev–Trinajstić information content (AvgIpc) is 3.25. The maximum atomic E-state index is 13.6. The van der Waals surface area contributed by atoms with E-state index in [1.54, 1.807) is 12.3 Å². The fourth-order valence-electron chi connectivity index (χ4n) is 6.51. The van der Waals surface area contributed by atoms with Crippen molar-refractivity contribution >= 4 is 23.4 Å². The summed E-state index contributed by atoms with van der Waals surface area (Å²) in [4.78, 5) is 30.2. The lowest BCUT2D eigenvalue weighted by atomic mass is 9.73. The molecule has 0 spiro atoms. The van der Waals surface area contributed by atoms with Gasteiger partial charge >= 0.3 is 6.18 Å². The van der Waals surface area contributed by atoms with E-state index in [-0.39, 0.29) is 11.9 Å². The number of halogens is 4. The molecular weight excluding hydrogens is 551 g/mol. The molecular formula is C32H33ClF3N3O2. The Morgan fingerprint density at radius 2 is 1.56 bits per heavy atom. The second kappa shape index (κ2) is 12.2. The molecule has 2 aromatic carbocycles. The number of carbonyl (C=O) groups excluding carboxylic acids is 2.